The van der Waals surface area contributed by atoms with Crippen LogP contribution in [-0.4, -0.2) is 41.1 Å². The molecule has 1 aliphatic heterocycles. The molecule has 3 aromatic rings. The fraction of sp³-hybridized carbons (Fsp3) is 0.286. The van der Waals surface area contributed by atoms with Gasteiger partial charge < -0.3 is 18.9 Å². The number of carbonyl (C=O) groups excluding carboxylic acids is 1. The van der Waals surface area contributed by atoms with Gasteiger partial charge in [0.05, 0.1) is 30.0 Å². The topological polar surface area (TPSA) is 86.8 Å². The first-order chi connectivity index (χ1) is 14.0. The minimum Gasteiger partial charge on any atom is -0.493 e. The van der Waals surface area contributed by atoms with Crippen LogP contribution in [0.25, 0.3) is 10.9 Å². The molecule has 0 spiro atoms. The van der Waals surface area contributed by atoms with Crippen molar-refractivity contribution in [3.63, 3.8) is 0 Å². The average molecular weight is 395 g/mol. The molecule has 29 heavy (non-hydrogen) atoms. The Hall–Kier alpha value is -3.55. The number of benzene rings is 2. The van der Waals surface area contributed by atoms with Crippen molar-refractivity contribution in [1.82, 2.24) is 9.47 Å². The molecule has 8 nitrogen and oxygen atoms in total. The molecule has 0 saturated heterocycles. The number of amides is 1. The van der Waals surface area contributed by atoms with Gasteiger partial charge in [-0.15, -0.1) is 0 Å². The lowest BCUT2D eigenvalue weighted by Gasteiger charge is -2.30. The Morgan fingerprint density at radius 3 is 2.55 bits per heavy atom. The highest BCUT2D eigenvalue weighted by molar-refractivity contribution is 5.90. The summed E-state index contributed by atoms with van der Waals surface area (Å²) in [6.07, 6.45) is 2.46. The molecule has 1 amide bonds. The molecule has 4 rings (SSSR count). The summed E-state index contributed by atoms with van der Waals surface area (Å²) in [4.78, 5) is 25.5. The zero-order valence-electron chi connectivity index (χ0n) is 16.3. The number of fused-ring (bicyclic) bond motifs is 2. The van der Waals surface area contributed by atoms with Crippen molar-refractivity contribution < 1.29 is 19.2 Å². The maximum atomic E-state index is 12.9. The zero-order valence-corrected chi connectivity index (χ0v) is 16.3. The maximum Gasteiger partial charge on any atom is 0.278 e. The molecule has 0 N–H and O–H groups in total. The van der Waals surface area contributed by atoms with Crippen LogP contribution in [0.5, 0.6) is 11.5 Å². The number of non-ortho nitro benzene ring substituents is 1. The number of methoxy groups -OCH3 is 2. The monoisotopic (exact) mass is 395 g/mol. The predicted molar refractivity (Wildman–Crippen MR) is 107 cm³/mol. The summed E-state index contributed by atoms with van der Waals surface area (Å²) in [5, 5.41) is 11.7. The van der Waals surface area contributed by atoms with Crippen molar-refractivity contribution in [1.29, 1.82) is 0 Å². The Morgan fingerprint density at radius 1 is 1.14 bits per heavy atom. The third-order valence-corrected chi connectivity index (χ3v) is 5.36. The Labute approximate surface area is 167 Å². The van der Waals surface area contributed by atoms with E-state index in [0.29, 0.717) is 35.5 Å². The number of ether oxygens (including phenoxy) is 2. The molecule has 8 heteroatoms. The maximum absolute atomic E-state index is 12.9. The van der Waals surface area contributed by atoms with Crippen LogP contribution in [0, 0.1) is 10.1 Å². The molecule has 150 valence electrons. The normalized spacial score (nSPS) is 13.2. The van der Waals surface area contributed by atoms with E-state index in [9.17, 15) is 14.9 Å². The van der Waals surface area contributed by atoms with Crippen LogP contribution in [-0.2, 0) is 24.3 Å². The fourth-order valence-corrected chi connectivity index (χ4v) is 3.85. The molecule has 2 aromatic carbocycles. The van der Waals surface area contributed by atoms with Crippen LogP contribution >= 0.6 is 0 Å². The van der Waals surface area contributed by atoms with Gasteiger partial charge in [0.1, 0.15) is 6.54 Å². The number of nitrogens with zero attached hydrogens (tertiary/aromatic N) is 3. The molecule has 2 heterocycles. The van der Waals surface area contributed by atoms with Crippen LogP contribution in [0.2, 0.25) is 0 Å². The SMILES string of the molecule is COc1cc2c(cc1OC)CN(C(=O)Cn1ccc3c([N+](=O)[O-])cccc31)CC2. The molecule has 0 atom stereocenters. The standard InChI is InChI=1S/C21H21N3O5/c1-28-19-10-14-6-8-23(12-15(14)11-20(19)29-2)21(25)13-22-9-7-16-17(22)4-3-5-18(16)24(26)27/h3-5,7,9-11H,6,8,12-13H2,1-2H3. The smallest absolute Gasteiger partial charge is 0.278 e. The molecular formula is C21H21N3O5. The van der Waals surface area contributed by atoms with E-state index < -0.39 is 4.92 Å². The van der Waals surface area contributed by atoms with E-state index in [0.717, 1.165) is 17.5 Å². The zero-order chi connectivity index (χ0) is 20.5. The van der Waals surface area contributed by atoms with Gasteiger partial charge in [0.2, 0.25) is 5.91 Å². The van der Waals surface area contributed by atoms with Crippen molar-refractivity contribution in [2.24, 2.45) is 0 Å². The third kappa shape index (κ3) is 3.37. The summed E-state index contributed by atoms with van der Waals surface area (Å²) in [5.41, 5.74) is 2.90. The van der Waals surface area contributed by atoms with Gasteiger partial charge in [0, 0.05) is 25.4 Å². The number of carbonyl (C=O) groups is 1. The van der Waals surface area contributed by atoms with Crippen LogP contribution in [0.1, 0.15) is 11.1 Å². The quantitative estimate of drug-likeness (QED) is 0.489. The van der Waals surface area contributed by atoms with Crippen molar-refractivity contribution >= 4 is 22.5 Å². The Morgan fingerprint density at radius 2 is 1.86 bits per heavy atom. The predicted octanol–water partition coefficient (Wildman–Crippen LogP) is 3.15. The second-order valence-corrected chi connectivity index (χ2v) is 6.95. The lowest BCUT2D eigenvalue weighted by Crippen LogP contribution is -2.37. The van der Waals surface area contributed by atoms with Gasteiger partial charge in [-0.1, -0.05) is 6.07 Å². The van der Waals surface area contributed by atoms with Crippen LogP contribution < -0.4 is 9.47 Å². The number of rotatable bonds is 5. The second kappa shape index (κ2) is 7.46. The molecule has 0 unspecified atom stereocenters. The van der Waals surface area contributed by atoms with E-state index in [1.807, 2.05) is 12.1 Å². The van der Waals surface area contributed by atoms with Gasteiger partial charge >= 0.3 is 0 Å². The summed E-state index contributed by atoms with van der Waals surface area (Å²) in [5.74, 6) is 1.30. The van der Waals surface area contributed by atoms with Gasteiger partial charge in [-0.05, 0) is 41.8 Å². The average Bonchev–Trinajstić information content (AvgIpc) is 3.14. The minimum absolute atomic E-state index is 0.0329. The molecule has 0 saturated carbocycles. The Kier molecular flexibility index (Phi) is 4.84. The Balaban J connectivity index is 1.55. The number of nitro benzene ring substituents is 1. The number of hydrogen-bond donors (Lipinski definition) is 0. The number of hydrogen-bond acceptors (Lipinski definition) is 5. The summed E-state index contributed by atoms with van der Waals surface area (Å²) < 4.78 is 12.5. The lowest BCUT2D eigenvalue weighted by molar-refractivity contribution is -0.383. The van der Waals surface area contributed by atoms with Crippen molar-refractivity contribution in [2.75, 3.05) is 20.8 Å². The van der Waals surface area contributed by atoms with Crippen molar-refractivity contribution in [3.05, 3.63) is 63.8 Å². The summed E-state index contributed by atoms with van der Waals surface area (Å²) in [6, 6.07) is 10.5. The first-order valence-electron chi connectivity index (χ1n) is 9.25. The van der Waals surface area contributed by atoms with Crippen LogP contribution in [0.3, 0.4) is 0 Å². The lowest BCUT2D eigenvalue weighted by atomic mass is 9.98. The van der Waals surface area contributed by atoms with E-state index in [4.69, 9.17) is 9.47 Å². The van der Waals surface area contributed by atoms with E-state index in [1.54, 1.807) is 48.1 Å². The summed E-state index contributed by atoms with van der Waals surface area (Å²) in [7, 11) is 3.20. The highest BCUT2D eigenvalue weighted by atomic mass is 16.6. The summed E-state index contributed by atoms with van der Waals surface area (Å²) in [6.45, 7) is 1.24. The molecule has 0 fully saturated rings. The second-order valence-electron chi connectivity index (χ2n) is 6.95. The summed E-state index contributed by atoms with van der Waals surface area (Å²) >= 11 is 0. The van der Waals surface area contributed by atoms with Crippen molar-refractivity contribution in [3.8, 4) is 11.5 Å². The van der Waals surface area contributed by atoms with Gasteiger partial charge in [-0.2, -0.15) is 0 Å². The van der Waals surface area contributed by atoms with Gasteiger partial charge in [0.25, 0.3) is 5.69 Å². The fourth-order valence-electron chi connectivity index (χ4n) is 3.85. The van der Waals surface area contributed by atoms with Gasteiger partial charge in [-0.3, -0.25) is 14.9 Å². The van der Waals surface area contributed by atoms with Crippen LogP contribution in [0.4, 0.5) is 5.69 Å². The van der Waals surface area contributed by atoms with Crippen LogP contribution in [0.15, 0.2) is 42.6 Å². The Bertz CT molecular complexity index is 1110. The molecular weight excluding hydrogens is 374 g/mol. The highest BCUT2D eigenvalue weighted by Crippen LogP contribution is 2.33. The molecule has 0 bridgehead atoms. The minimum atomic E-state index is -0.405. The van der Waals surface area contributed by atoms with E-state index in [-0.39, 0.29) is 18.1 Å². The van der Waals surface area contributed by atoms with Gasteiger partial charge in [-0.25, -0.2) is 0 Å². The molecule has 0 radical (unpaired) electrons. The third-order valence-electron chi connectivity index (χ3n) is 5.36. The molecule has 1 aliphatic rings. The first-order valence-corrected chi connectivity index (χ1v) is 9.25. The molecule has 0 aliphatic carbocycles. The first kappa shape index (κ1) is 18.8. The molecule has 1 aromatic heterocycles. The van der Waals surface area contributed by atoms with E-state index in [2.05, 4.69) is 0 Å². The van der Waals surface area contributed by atoms with E-state index in [1.165, 1.54) is 6.07 Å². The largest absolute Gasteiger partial charge is 0.493 e. The van der Waals surface area contributed by atoms with Gasteiger partial charge in [0.15, 0.2) is 11.5 Å². The number of aromatic nitrogens is 1. The highest BCUT2D eigenvalue weighted by Gasteiger charge is 2.24. The number of nitro groups is 1. The van der Waals surface area contributed by atoms with E-state index >= 15 is 0 Å². The van der Waals surface area contributed by atoms with Crippen molar-refractivity contribution in [2.45, 2.75) is 19.5 Å².